The van der Waals surface area contributed by atoms with Crippen LogP contribution in [0.2, 0.25) is 0 Å². The van der Waals surface area contributed by atoms with Gasteiger partial charge in [0.05, 0.1) is 12.4 Å². The minimum atomic E-state index is 0. The van der Waals surface area contributed by atoms with Gasteiger partial charge in [-0.15, -0.1) is 24.0 Å². The summed E-state index contributed by atoms with van der Waals surface area (Å²) >= 11 is 0. The number of nitrogens with zero attached hydrogens (tertiary/aromatic N) is 2. The van der Waals surface area contributed by atoms with Gasteiger partial charge in [0.15, 0.2) is 0 Å². The zero-order valence-electron chi connectivity index (χ0n) is 8.24. The Kier molecular flexibility index (Phi) is 5.05. The van der Waals surface area contributed by atoms with E-state index >= 15 is 0 Å². The zero-order valence-corrected chi connectivity index (χ0v) is 10.6. The molecule has 0 radical (unpaired) electrons. The molecule has 0 aliphatic heterocycles. The predicted octanol–water partition coefficient (Wildman–Crippen LogP) is 1.83. The molecule has 0 aliphatic carbocycles. The van der Waals surface area contributed by atoms with Crippen LogP contribution < -0.4 is 5.73 Å². The Morgan fingerprint density at radius 1 is 1.54 bits per heavy atom. The second-order valence-corrected chi connectivity index (χ2v) is 2.98. The van der Waals surface area contributed by atoms with Crippen molar-refractivity contribution in [3.8, 4) is 0 Å². The van der Waals surface area contributed by atoms with E-state index in [1.165, 1.54) is 11.4 Å². The highest BCUT2D eigenvalue weighted by atomic mass is 127. The summed E-state index contributed by atoms with van der Waals surface area (Å²) in [6.07, 6.45) is 0. The van der Waals surface area contributed by atoms with Crippen LogP contribution in [0.1, 0.15) is 18.3 Å². The first-order valence-electron chi connectivity index (χ1n) is 3.99. The lowest BCUT2D eigenvalue weighted by Crippen LogP contribution is -2.06. The summed E-state index contributed by atoms with van der Waals surface area (Å²) in [4.78, 5) is 4.14. The molecular formula is C9H16IN3. The van der Waals surface area contributed by atoms with Crippen molar-refractivity contribution in [2.45, 2.75) is 20.4 Å². The van der Waals surface area contributed by atoms with E-state index in [0.29, 0.717) is 12.4 Å². The number of aryl methyl sites for hydroxylation is 1. The average molecular weight is 293 g/mol. The second kappa shape index (κ2) is 5.26. The number of amidine groups is 1. The van der Waals surface area contributed by atoms with Crippen LogP contribution in [0.3, 0.4) is 0 Å². The van der Waals surface area contributed by atoms with Crippen molar-refractivity contribution in [1.29, 1.82) is 0 Å². The summed E-state index contributed by atoms with van der Waals surface area (Å²) in [5, 5.41) is 0. The lowest BCUT2D eigenvalue weighted by atomic mass is 10.4. The van der Waals surface area contributed by atoms with E-state index in [0.717, 1.165) is 0 Å². The maximum absolute atomic E-state index is 5.44. The van der Waals surface area contributed by atoms with Gasteiger partial charge in [0.25, 0.3) is 0 Å². The van der Waals surface area contributed by atoms with E-state index in [9.17, 15) is 0 Å². The molecule has 1 heterocycles. The molecule has 0 bridgehead atoms. The monoisotopic (exact) mass is 293 g/mol. The van der Waals surface area contributed by atoms with Gasteiger partial charge in [0, 0.05) is 18.4 Å². The predicted molar refractivity (Wildman–Crippen MR) is 66.6 cm³/mol. The Bertz CT molecular complexity index is 298. The SMILES string of the molecule is CC(N)=NCc1ccc(C)n1C.I. The van der Waals surface area contributed by atoms with E-state index in [4.69, 9.17) is 5.73 Å². The van der Waals surface area contributed by atoms with Gasteiger partial charge < -0.3 is 10.3 Å². The van der Waals surface area contributed by atoms with Gasteiger partial charge in [0.1, 0.15) is 0 Å². The van der Waals surface area contributed by atoms with Gasteiger partial charge in [-0.1, -0.05) is 0 Å². The van der Waals surface area contributed by atoms with Crippen molar-refractivity contribution in [2.24, 2.45) is 17.8 Å². The van der Waals surface area contributed by atoms with Gasteiger partial charge in [-0.25, -0.2) is 0 Å². The summed E-state index contributed by atoms with van der Waals surface area (Å²) in [5.41, 5.74) is 7.88. The van der Waals surface area contributed by atoms with Crippen LogP contribution in [0.25, 0.3) is 0 Å². The van der Waals surface area contributed by atoms with Crippen molar-refractivity contribution in [1.82, 2.24) is 4.57 Å². The number of hydrogen-bond acceptors (Lipinski definition) is 1. The lowest BCUT2D eigenvalue weighted by molar-refractivity contribution is 0.797. The van der Waals surface area contributed by atoms with Crippen LogP contribution in [0, 0.1) is 6.92 Å². The molecule has 0 unspecified atom stereocenters. The highest BCUT2D eigenvalue weighted by Gasteiger charge is 1.98. The molecule has 1 rings (SSSR count). The van der Waals surface area contributed by atoms with E-state index in [2.05, 4.69) is 28.6 Å². The van der Waals surface area contributed by atoms with E-state index in [1.54, 1.807) is 6.92 Å². The molecule has 0 saturated heterocycles. The van der Waals surface area contributed by atoms with Crippen LogP contribution in [0.15, 0.2) is 17.1 Å². The number of aliphatic imine (C=N–C) groups is 1. The molecule has 0 fully saturated rings. The van der Waals surface area contributed by atoms with Crippen LogP contribution in [-0.2, 0) is 13.6 Å². The topological polar surface area (TPSA) is 43.3 Å². The number of nitrogens with two attached hydrogens (primary N) is 1. The molecule has 1 aromatic heterocycles. The van der Waals surface area contributed by atoms with Gasteiger partial charge >= 0.3 is 0 Å². The maximum Gasteiger partial charge on any atom is 0.0910 e. The third-order valence-electron chi connectivity index (χ3n) is 1.97. The molecule has 3 nitrogen and oxygen atoms in total. The lowest BCUT2D eigenvalue weighted by Gasteiger charge is -2.01. The first kappa shape index (κ1) is 12.5. The molecule has 0 aliphatic rings. The van der Waals surface area contributed by atoms with Gasteiger partial charge in [-0.2, -0.15) is 0 Å². The molecule has 0 amide bonds. The highest BCUT2D eigenvalue weighted by Crippen LogP contribution is 2.06. The minimum absolute atomic E-state index is 0. The molecule has 0 aromatic carbocycles. The summed E-state index contributed by atoms with van der Waals surface area (Å²) in [5.74, 6) is 0.633. The van der Waals surface area contributed by atoms with Crippen LogP contribution in [0.5, 0.6) is 0 Å². The smallest absolute Gasteiger partial charge is 0.0910 e. The summed E-state index contributed by atoms with van der Waals surface area (Å²) in [7, 11) is 2.03. The quantitative estimate of drug-likeness (QED) is 0.504. The highest BCUT2D eigenvalue weighted by molar-refractivity contribution is 14.0. The van der Waals surface area contributed by atoms with E-state index in [-0.39, 0.29) is 24.0 Å². The van der Waals surface area contributed by atoms with Gasteiger partial charge in [-0.3, -0.25) is 4.99 Å². The van der Waals surface area contributed by atoms with Crippen LogP contribution in [-0.4, -0.2) is 10.4 Å². The molecule has 0 spiro atoms. The number of halogens is 1. The van der Waals surface area contributed by atoms with Crippen molar-refractivity contribution in [3.63, 3.8) is 0 Å². The number of rotatable bonds is 2. The Hall–Kier alpha value is -0.520. The van der Waals surface area contributed by atoms with Crippen LogP contribution >= 0.6 is 24.0 Å². The molecule has 13 heavy (non-hydrogen) atoms. The Morgan fingerprint density at radius 2 is 2.15 bits per heavy atom. The second-order valence-electron chi connectivity index (χ2n) is 2.98. The average Bonchev–Trinajstić information content (AvgIpc) is 2.30. The normalized spacial score (nSPS) is 11.2. The molecule has 0 saturated carbocycles. The molecule has 4 heteroatoms. The first-order chi connectivity index (χ1) is 5.61. The summed E-state index contributed by atoms with van der Waals surface area (Å²) < 4.78 is 2.12. The fourth-order valence-corrected chi connectivity index (χ4v) is 1.03. The first-order valence-corrected chi connectivity index (χ1v) is 3.99. The molecule has 1 aromatic rings. The van der Waals surface area contributed by atoms with Gasteiger partial charge in [-0.05, 0) is 26.0 Å². The Labute approximate surface area is 96.1 Å². The largest absolute Gasteiger partial charge is 0.388 e. The van der Waals surface area contributed by atoms with Crippen molar-refractivity contribution < 1.29 is 0 Å². The van der Waals surface area contributed by atoms with Crippen molar-refractivity contribution >= 4 is 29.8 Å². The van der Waals surface area contributed by atoms with Crippen molar-refractivity contribution in [2.75, 3.05) is 0 Å². The third kappa shape index (κ3) is 3.38. The molecule has 2 N–H and O–H groups in total. The fraction of sp³-hybridized carbons (Fsp3) is 0.444. The number of hydrogen-bond donors (Lipinski definition) is 1. The molecular weight excluding hydrogens is 277 g/mol. The maximum atomic E-state index is 5.44. The third-order valence-corrected chi connectivity index (χ3v) is 1.97. The molecule has 74 valence electrons. The fourth-order valence-electron chi connectivity index (χ4n) is 1.03. The summed E-state index contributed by atoms with van der Waals surface area (Å²) in [6, 6.07) is 4.15. The Balaban J connectivity index is 0.00000144. The molecule has 0 atom stereocenters. The standard InChI is InChI=1S/C9H15N3.HI/c1-7-4-5-9(12(7)3)6-11-8(2)10;/h4-5H,6H2,1-3H3,(H2,10,11);1H. The van der Waals surface area contributed by atoms with Crippen molar-refractivity contribution in [3.05, 3.63) is 23.5 Å². The van der Waals surface area contributed by atoms with Crippen LogP contribution in [0.4, 0.5) is 0 Å². The minimum Gasteiger partial charge on any atom is -0.388 e. The van der Waals surface area contributed by atoms with E-state index < -0.39 is 0 Å². The number of aromatic nitrogens is 1. The summed E-state index contributed by atoms with van der Waals surface area (Å²) in [6.45, 7) is 4.55. The zero-order chi connectivity index (χ0) is 9.14. The van der Waals surface area contributed by atoms with E-state index in [1.807, 2.05) is 7.05 Å². The van der Waals surface area contributed by atoms with Gasteiger partial charge in [0.2, 0.25) is 0 Å². The Morgan fingerprint density at radius 3 is 2.54 bits per heavy atom.